The molecule has 1 aromatic heterocycles. The van der Waals surface area contributed by atoms with Crippen LogP contribution in [0.5, 0.6) is 0 Å². The molecule has 23 heavy (non-hydrogen) atoms. The topological polar surface area (TPSA) is 98.3 Å². The molecule has 0 fully saturated rings. The van der Waals surface area contributed by atoms with Gasteiger partial charge in [-0.25, -0.2) is 4.98 Å². The molecule has 0 saturated heterocycles. The van der Waals surface area contributed by atoms with Crippen LogP contribution in [0.2, 0.25) is 0 Å². The van der Waals surface area contributed by atoms with E-state index in [4.69, 9.17) is 4.42 Å². The van der Waals surface area contributed by atoms with E-state index in [1.165, 1.54) is 12.1 Å². The van der Waals surface area contributed by atoms with Gasteiger partial charge in [0.25, 0.3) is 5.69 Å². The molecule has 0 aliphatic heterocycles. The highest BCUT2D eigenvalue weighted by atomic mass is 16.6. The van der Waals surface area contributed by atoms with Gasteiger partial charge < -0.3 is 9.73 Å². The Labute approximate surface area is 131 Å². The fourth-order valence-corrected chi connectivity index (χ4v) is 2.25. The van der Waals surface area contributed by atoms with E-state index in [0.717, 1.165) is 0 Å². The minimum absolute atomic E-state index is 0.000937. The maximum absolute atomic E-state index is 12.1. The SMILES string of the molecule is Cc1nc2cc(NC(=O)Cc3ccc([N+](=O)[O-])cc3)ccc2o1. The van der Waals surface area contributed by atoms with Crippen molar-refractivity contribution in [2.75, 3.05) is 5.32 Å². The number of nitrogens with one attached hydrogen (secondary N) is 1. The van der Waals surface area contributed by atoms with E-state index in [-0.39, 0.29) is 18.0 Å². The van der Waals surface area contributed by atoms with Crippen LogP contribution in [0.4, 0.5) is 11.4 Å². The summed E-state index contributed by atoms with van der Waals surface area (Å²) in [6, 6.07) is 11.1. The lowest BCUT2D eigenvalue weighted by Gasteiger charge is -2.05. The van der Waals surface area contributed by atoms with Crippen LogP contribution in [0.1, 0.15) is 11.5 Å². The lowest BCUT2D eigenvalue weighted by atomic mass is 10.1. The third-order valence-electron chi connectivity index (χ3n) is 3.29. The number of nitrogens with zero attached hydrogens (tertiary/aromatic N) is 2. The highest BCUT2D eigenvalue weighted by Crippen LogP contribution is 2.20. The molecule has 116 valence electrons. The van der Waals surface area contributed by atoms with Gasteiger partial charge in [-0.2, -0.15) is 0 Å². The monoisotopic (exact) mass is 311 g/mol. The van der Waals surface area contributed by atoms with Crippen molar-refractivity contribution in [1.29, 1.82) is 0 Å². The molecule has 0 radical (unpaired) electrons. The number of amides is 1. The van der Waals surface area contributed by atoms with E-state index in [1.807, 2.05) is 0 Å². The predicted octanol–water partition coefficient (Wildman–Crippen LogP) is 3.23. The molecule has 1 heterocycles. The maximum Gasteiger partial charge on any atom is 0.269 e. The molecule has 0 spiro atoms. The van der Waals surface area contributed by atoms with Gasteiger partial charge in [-0.3, -0.25) is 14.9 Å². The average molecular weight is 311 g/mol. The first-order chi connectivity index (χ1) is 11.0. The number of hydrogen-bond acceptors (Lipinski definition) is 5. The summed E-state index contributed by atoms with van der Waals surface area (Å²) >= 11 is 0. The van der Waals surface area contributed by atoms with Crippen LogP contribution in [0.3, 0.4) is 0 Å². The zero-order chi connectivity index (χ0) is 16.4. The maximum atomic E-state index is 12.1. The van der Waals surface area contributed by atoms with Gasteiger partial charge in [-0.15, -0.1) is 0 Å². The molecule has 3 aromatic rings. The molecule has 1 amide bonds. The van der Waals surface area contributed by atoms with Crippen molar-refractivity contribution in [3.63, 3.8) is 0 Å². The first-order valence-corrected chi connectivity index (χ1v) is 6.91. The van der Waals surface area contributed by atoms with Gasteiger partial charge >= 0.3 is 0 Å². The molecule has 0 saturated carbocycles. The number of oxazole rings is 1. The third kappa shape index (κ3) is 3.34. The number of non-ortho nitro benzene ring substituents is 1. The Morgan fingerprint density at radius 1 is 1.26 bits per heavy atom. The van der Waals surface area contributed by atoms with Crippen LogP contribution in [0.15, 0.2) is 46.9 Å². The highest BCUT2D eigenvalue weighted by Gasteiger charge is 2.09. The third-order valence-corrected chi connectivity index (χ3v) is 3.29. The van der Waals surface area contributed by atoms with Gasteiger partial charge in [0.15, 0.2) is 11.5 Å². The van der Waals surface area contributed by atoms with E-state index in [1.54, 1.807) is 37.3 Å². The van der Waals surface area contributed by atoms with Gasteiger partial charge in [0.2, 0.25) is 5.91 Å². The van der Waals surface area contributed by atoms with Gasteiger partial charge in [0.05, 0.1) is 11.3 Å². The van der Waals surface area contributed by atoms with Crippen molar-refractivity contribution in [2.45, 2.75) is 13.3 Å². The Balaban J connectivity index is 1.69. The Kier molecular flexibility index (Phi) is 3.76. The molecule has 0 aliphatic rings. The molecule has 0 bridgehead atoms. The van der Waals surface area contributed by atoms with Crippen molar-refractivity contribution in [3.05, 3.63) is 64.0 Å². The Bertz CT molecular complexity index is 884. The number of rotatable bonds is 4. The molecule has 1 N–H and O–H groups in total. The summed E-state index contributed by atoms with van der Waals surface area (Å²) < 4.78 is 5.38. The minimum Gasteiger partial charge on any atom is -0.441 e. The highest BCUT2D eigenvalue weighted by molar-refractivity contribution is 5.94. The number of aromatic nitrogens is 1. The second-order valence-electron chi connectivity index (χ2n) is 5.06. The van der Waals surface area contributed by atoms with Crippen LogP contribution >= 0.6 is 0 Å². The van der Waals surface area contributed by atoms with Gasteiger partial charge in [0, 0.05) is 24.7 Å². The summed E-state index contributed by atoms with van der Waals surface area (Å²) in [5.74, 6) is 0.354. The van der Waals surface area contributed by atoms with Crippen LogP contribution < -0.4 is 5.32 Å². The predicted molar refractivity (Wildman–Crippen MR) is 84.2 cm³/mol. The first kappa shape index (κ1) is 14.7. The number of carbonyl (C=O) groups excluding carboxylic acids is 1. The number of carbonyl (C=O) groups is 1. The smallest absolute Gasteiger partial charge is 0.269 e. The lowest BCUT2D eigenvalue weighted by Crippen LogP contribution is -2.14. The summed E-state index contributed by atoms with van der Waals surface area (Å²) in [7, 11) is 0. The first-order valence-electron chi connectivity index (χ1n) is 6.91. The van der Waals surface area contributed by atoms with Crippen LogP contribution in [-0.2, 0) is 11.2 Å². The number of anilines is 1. The molecule has 0 aliphatic carbocycles. The Morgan fingerprint density at radius 2 is 2.00 bits per heavy atom. The average Bonchev–Trinajstić information content (AvgIpc) is 2.87. The van der Waals surface area contributed by atoms with Crippen molar-refractivity contribution < 1.29 is 14.1 Å². The number of nitro groups is 1. The lowest BCUT2D eigenvalue weighted by molar-refractivity contribution is -0.384. The quantitative estimate of drug-likeness (QED) is 0.589. The van der Waals surface area contributed by atoms with Crippen LogP contribution in [0, 0.1) is 17.0 Å². The number of hydrogen-bond donors (Lipinski definition) is 1. The van der Waals surface area contributed by atoms with E-state index in [0.29, 0.717) is 28.2 Å². The summed E-state index contributed by atoms with van der Waals surface area (Å²) in [6.45, 7) is 1.76. The van der Waals surface area contributed by atoms with Crippen molar-refractivity contribution in [3.8, 4) is 0 Å². The van der Waals surface area contributed by atoms with E-state index in [2.05, 4.69) is 10.3 Å². The Hall–Kier alpha value is -3.22. The molecule has 0 unspecified atom stereocenters. The second-order valence-corrected chi connectivity index (χ2v) is 5.06. The molecule has 7 heteroatoms. The number of nitro benzene ring substituents is 1. The second kappa shape index (κ2) is 5.88. The van der Waals surface area contributed by atoms with Crippen LogP contribution in [-0.4, -0.2) is 15.8 Å². The molecular formula is C16H13N3O4. The zero-order valence-electron chi connectivity index (χ0n) is 12.3. The summed E-state index contributed by atoms with van der Waals surface area (Å²) in [6.07, 6.45) is 0.133. The summed E-state index contributed by atoms with van der Waals surface area (Å²) in [4.78, 5) is 26.4. The standard InChI is InChI=1S/C16H13N3O4/c1-10-17-14-9-12(4-7-15(14)23-10)18-16(20)8-11-2-5-13(6-3-11)19(21)22/h2-7,9H,8H2,1H3,(H,18,20). The van der Waals surface area contributed by atoms with E-state index < -0.39 is 4.92 Å². The van der Waals surface area contributed by atoms with Gasteiger partial charge in [0.1, 0.15) is 5.52 Å². The fourth-order valence-electron chi connectivity index (χ4n) is 2.25. The molecule has 2 aromatic carbocycles. The normalized spacial score (nSPS) is 10.7. The number of benzene rings is 2. The molecule has 0 atom stereocenters. The van der Waals surface area contributed by atoms with E-state index in [9.17, 15) is 14.9 Å². The van der Waals surface area contributed by atoms with Gasteiger partial charge in [-0.05, 0) is 23.8 Å². The van der Waals surface area contributed by atoms with Gasteiger partial charge in [-0.1, -0.05) is 12.1 Å². The summed E-state index contributed by atoms with van der Waals surface area (Å²) in [5.41, 5.74) is 2.66. The Morgan fingerprint density at radius 3 is 2.70 bits per heavy atom. The van der Waals surface area contributed by atoms with Crippen LogP contribution in [0.25, 0.3) is 11.1 Å². The molecule has 3 rings (SSSR count). The zero-order valence-corrected chi connectivity index (χ0v) is 12.3. The largest absolute Gasteiger partial charge is 0.441 e. The van der Waals surface area contributed by atoms with Crippen molar-refractivity contribution in [2.24, 2.45) is 0 Å². The molecular weight excluding hydrogens is 298 g/mol. The number of aryl methyl sites for hydroxylation is 1. The molecule has 7 nitrogen and oxygen atoms in total. The van der Waals surface area contributed by atoms with Crippen molar-refractivity contribution >= 4 is 28.4 Å². The minimum atomic E-state index is -0.473. The van der Waals surface area contributed by atoms with Crippen molar-refractivity contribution in [1.82, 2.24) is 4.98 Å². The number of fused-ring (bicyclic) bond motifs is 1. The summed E-state index contributed by atoms with van der Waals surface area (Å²) in [5, 5.41) is 13.4. The van der Waals surface area contributed by atoms with E-state index >= 15 is 0 Å². The fraction of sp³-hybridized carbons (Fsp3) is 0.125.